The number of Topliss-reactive ketones (excluding diaryl/α,β-unsaturated/α-hetero) is 1. The number of carbonyl (C=O) groups is 1. The van der Waals surface area contributed by atoms with Crippen molar-refractivity contribution in [3.8, 4) is 6.07 Å². The monoisotopic (exact) mass is 303 g/mol. The molecule has 1 rings (SSSR count). The average molecular weight is 305 g/mol. The molecule has 1 N–H and O–H groups in total. The Labute approximate surface area is 119 Å². The highest BCUT2D eigenvalue weighted by atomic mass is 35.6. The Kier molecular flexibility index (Phi) is 4.64. The van der Waals surface area contributed by atoms with E-state index in [0.717, 1.165) is 0 Å². The topological polar surface area (TPSA) is 61.1 Å². The molecule has 0 saturated carbocycles. The smallest absolute Gasteiger partial charge is 0.216 e. The maximum atomic E-state index is 11.1. The van der Waals surface area contributed by atoms with E-state index in [1.54, 1.807) is 6.07 Å². The summed E-state index contributed by atoms with van der Waals surface area (Å²) in [5.41, 5.74) is 0.418. The van der Waals surface area contributed by atoms with Crippen molar-refractivity contribution in [2.24, 2.45) is 0 Å². The number of nitriles is 1. The Morgan fingerprint density at radius 1 is 1.28 bits per heavy atom. The van der Waals surface area contributed by atoms with E-state index in [-0.39, 0.29) is 11.3 Å². The third-order valence-corrected chi connectivity index (χ3v) is 2.84. The molecule has 0 saturated heterocycles. The quantitative estimate of drug-likeness (QED) is 0.390. The first kappa shape index (κ1) is 14.8. The van der Waals surface area contributed by atoms with Gasteiger partial charge in [0.05, 0.1) is 0 Å². The first-order valence-electron chi connectivity index (χ1n) is 4.79. The summed E-state index contributed by atoms with van der Waals surface area (Å²) < 4.78 is -1.56. The average Bonchev–Trinajstić information content (AvgIpc) is 2.28. The molecule has 6 heteroatoms. The zero-order chi connectivity index (χ0) is 13.9. The van der Waals surface area contributed by atoms with E-state index in [4.69, 9.17) is 40.1 Å². The minimum atomic E-state index is -1.56. The number of alkyl halides is 3. The highest BCUT2D eigenvalue weighted by Gasteiger charge is 2.22. The van der Waals surface area contributed by atoms with Gasteiger partial charge in [-0.1, -0.05) is 59.1 Å². The molecule has 0 aliphatic carbocycles. The fourth-order valence-corrected chi connectivity index (χ4v) is 1.64. The number of aliphatic hydroxyl groups is 1. The largest absolute Gasteiger partial charge is 0.506 e. The van der Waals surface area contributed by atoms with Crippen LogP contribution in [0.25, 0.3) is 5.76 Å². The van der Waals surface area contributed by atoms with Crippen molar-refractivity contribution in [2.45, 2.75) is 10.7 Å². The second-order valence-electron chi connectivity index (χ2n) is 3.47. The summed E-state index contributed by atoms with van der Waals surface area (Å²) >= 11 is 17.0. The van der Waals surface area contributed by atoms with Gasteiger partial charge in [0, 0.05) is 18.1 Å². The lowest BCUT2D eigenvalue weighted by Crippen LogP contribution is -2.02. The van der Waals surface area contributed by atoms with Crippen molar-refractivity contribution in [3.05, 3.63) is 41.0 Å². The zero-order valence-corrected chi connectivity index (χ0v) is 11.5. The molecule has 0 aliphatic rings. The standard InChI is InChI=1S/C12H8Cl3NO2/c1-7(17)10(6-16)11(18)8-2-4-9(5-3-8)12(13,14)15/h2-5,18H,1H3/b11-10-. The van der Waals surface area contributed by atoms with Gasteiger partial charge >= 0.3 is 0 Å². The van der Waals surface area contributed by atoms with Crippen LogP contribution >= 0.6 is 34.8 Å². The van der Waals surface area contributed by atoms with Gasteiger partial charge in [-0.25, -0.2) is 0 Å². The third-order valence-electron chi connectivity index (χ3n) is 2.19. The first-order valence-corrected chi connectivity index (χ1v) is 5.92. The molecule has 0 amide bonds. The Balaban J connectivity index is 3.22. The number of halogens is 3. The Morgan fingerprint density at radius 2 is 1.78 bits per heavy atom. The lowest BCUT2D eigenvalue weighted by molar-refractivity contribution is -0.113. The number of ketones is 1. The van der Waals surface area contributed by atoms with Crippen LogP contribution in [0.5, 0.6) is 0 Å². The minimum Gasteiger partial charge on any atom is -0.506 e. The molecule has 0 aromatic heterocycles. The summed E-state index contributed by atoms with van der Waals surface area (Å²) in [5, 5.41) is 18.5. The molecule has 0 heterocycles. The summed E-state index contributed by atoms with van der Waals surface area (Å²) in [7, 11) is 0. The Bertz CT molecular complexity index is 536. The number of nitrogens with zero attached hydrogens (tertiary/aromatic N) is 1. The van der Waals surface area contributed by atoms with Crippen LogP contribution in [0.2, 0.25) is 0 Å². The van der Waals surface area contributed by atoms with E-state index < -0.39 is 9.58 Å². The van der Waals surface area contributed by atoms with E-state index in [9.17, 15) is 9.90 Å². The third kappa shape index (κ3) is 3.39. The van der Waals surface area contributed by atoms with Crippen LogP contribution in [-0.4, -0.2) is 10.9 Å². The van der Waals surface area contributed by atoms with Crippen molar-refractivity contribution in [1.82, 2.24) is 0 Å². The summed E-state index contributed by atoms with van der Waals surface area (Å²) in [4.78, 5) is 11.1. The van der Waals surface area contributed by atoms with Gasteiger partial charge in [-0.3, -0.25) is 4.79 Å². The number of rotatable bonds is 2. The minimum absolute atomic E-state index is 0.305. The molecule has 3 nitrogen and oxygen atoms in total. The molecule has 94 valence electrons. The molecule has 0 radical (unpaired) electrons. The van der Waals surface area contributed by atoms with Crippen molar-refractivity contribution in [1.29, 1.82) is 5.26 Å². The van der Waals surface area contributed by atoms with Gasteiger partial charge in [0.2, 0.25) is 3.79 Å². The highest BCUT2D eigenvalue weighted by Crippen LogP contribution is 2.38. The molecule has 0 bridgehead atoms. The van der Waals surface area contributed by atoms with Gasteiger partial charge in [-0.05, 0) is 0 Å². The number of hydrogen-bond donors (Lipinski definition) is 1. The maximum absolute atomic E-state index is 11.1. The number of allylic oxidation sites excluding steroid dienone is 1. The normalized spacial score (nSPS) is 12.6. The zero-order valence-electron chi connectivity index (χ0n) is 9.25. The molecule has 18 heavy (non-hydrogen) atoms. The summed E-state index contributed by atoms with van der Waals surface area (Å²) in [6.07, 6.45) is 0. The molecule has 0 atom stereocenters. The molecular weight excluding hydrogens is 296 g/mol. The van der Waals surface area contributed by atoms with Crippen LogP contribution in [0.3, 0.4) is 0 Å². The van der Waals surface area contributed by atoms with Gasteiger partial charge in [0.1, 0.15) is 17.4 Å². The van der Waals surface area contributed by atoms with Crippen molar-refractivity contribution in [3.63, 3.8) is 0 Å². The second-order valence-corrected chi connectivity index (χ2v) is 5.75. The van der Waals surface area contributed by atoms with Crippen LogP contribution in [0.4, 0.5) is 0 Å². The maximum Gasteiger partial charge on any atom is 0.216 e. The van der Waals surface area contributed by atoms with Crippen molar-refractivity contribution >= 4 is 46.3 Å². The van der Waals surface area contributed by atoms with Gasteiger partial charge in [-0.2, -0.15) is 5.26 Å². The number of benzene rings is 1. The van der Waals surface area contributed by atoms with Crippen molar-refractivity contribution < 1.29 is 9.90 Å². The summed E-state index contributed by atoms with van der Waals surface area (Å²) in [5.74, 6) is -0.902. The first-order chi connectivity index (χ1) is 8.27. The Morgan fingerprint density at radius 3 is 2.11 bits per heavy atom. The fourth-order valence-electron chi connectivity index (χ4n) is 1.26. The van der Waals surface area contributed by atoms with Gasteiger partial charge in [0.25, 0.3) is 0 Å². The summed E-state index contributed by atoms with van der Waals surface area (Å²) in [6.45, 7) is 1.20. The van der Waals surface area contributed by atoms with Crippen LogP contribution < -0.4 is 0 Å². The molecule has 0 aliphatic heterocycles. The summed E-state index contributed by atoms with van der Waals surface area (Å²) in [6, 6.07) is 7.56. The van der Waals surface area contributed by atoms with E-state index in [1.807, 2.05) is 0 Å². The van der Waals surface area contributed by atoms with E-state index >= 15 is 0 Å². The van der Waals surface area contributed by atoms with E-state index in [0.29, 0.717) is 11.1 Å². The molecule has 0 unspecified atom stereocenters. The molecular formula is C12H8Cl3NO2. The fraction of sp³-hybridized carbons (Fsp3) is 0.167. The van der Waals surface area contributed by atoms with Crippen LogP contribution in [0.15, 0.2) is 29.8 Å². The Hall–Kier alpha value is -1.21. The molecule has 1 aromatic rings. The van der Waals surface area contributed by atoms with Crippen LogP contribution in [0, 0.1) is 11.3 Å². The predicted octanol–water partition coefficient (Wildman–Crippen LogP) is 3.89. The SMILES string of the molecule is CC(=O)/C(C#N)=C(\O)c1ccc(C(Cl)(Cl)Cl)cc1. The van der Waals surface area contributed by atoms with Gasteiger partial charge in [0.15, 0.2) is 5.78 Å². The van der Waals surface area contributed by atoms with E-state index in [1.165, 1.54) is 31.2 Å². The molecule has 1 aromatic carbocycles. The highest BCUT2D eigenvalue weighted by molar-refractivity contribution is 6.66. The molecule has 0 fully saturated rings. The lowest BCUT2D eigenvalue weighted by Gasteiger charge is -2.11. The van der Waals surface area contributed by atoms with E-state index in [2.05, 4.69) is 0 Å². The van der Waals surface area contributed by atoms with Crippen LogP contribution in [-0.2, 0) is 8.59 Å². The van der Waals surface area contributed by atoms with Gasteiger partial charge < -0.3 is 5.11 Å². The number of aliphatic hydroxyl groups excluding tert-OH is 1. The number of hydrogen-bond acceptors (Lipinski definition) is 3. The second kappa shape index (κ2) is 5.62. The van der Waals surface area contributed by atoms with Crippen LogP contribution in [0.1, 0.15) is 18.1 Å². The van der Waals surface area contributed by atoms with Gasteiger partial charge in [-0.15, -0.1) is 0 Å². The van der Waals surface area contributed by atoms with Crippen molar-refractivity contribution in [2.75, 3.05) is 0 Å². The molecule has 0 spiro atoms. The lowest BCUT2D eigenvalue weighted by atomic mass is 10.1. The predicted molar refractivity (Wildman–Crippen MR) is 71.5 cm³/mol. The number of carbonyl (C=O) groups excluding carboxylic acids is 1.